The SMILES string of the molecule is CCCCCCCCCCCCSc1ccc(-c2ccc(Br)s2)s1. The Hall–Kier alpha value is 0.230. The molecule has 0 atom stereocenters. The van der Waals surface area contributed by atoms with E-state index < -0.39 is 0 Å². The minimum absolute atomic E-state index is 1.21. The first-order valence-corrected chi connectivity index (χ1v) is 12.7. The van der Waals surface area contributed by atoms with Crippen LogP contribution in [-0.4, -0.2) is 5.75 Å². The van der Waals surface area contributed by atoms with E-state index in [-0.39, 0.29) is 0 Å². The van der Waals surface area contributed by atoms with Crippen LogP contribution in [0.25, 0.3) is 9.75 Å². The molecule has 0 aliphatic carbocycles. The van der Waals surface area contributed by atoms with Gasteiger partial charge in [0.15, 0.2) is 0 Å². The van der Waals surface area contributed by atoms with Crippen LogP contribution in [-0.2, 0) is 0 Å². The normalized spacial score (nSPS) is 11.2. The van der Waals surface area contributed by atoms with Gasteiger partial charge in [-0.3, -0.25) is 0 Å². The lowest BCUT2D eigenvalue weighted by Gasteiger charge is -2.02. The molecule has 0 unspecified atom stereocenters. The summed E-state index contributed by atoms with van der Waals surface area (Å²) in [5.41, 5.74) is 0. The van der Waals surface area contributed by atoms with Gasteiger partial charge in [0.2, 0.25) is 0 Å². The molecule has 24 heavy (non-hydrogen) atoms. The minimum atomic E-state index is 1.21. The van der Waals surface area contributed by atoms with Crippen LogP contribution in [0, 0.1) is 0 Å². The molecule has 0 spiro atoms. The van der Waals surface area contributed by atoms with Gasteiger partial charge in [0.05, 0.1) is 8.00 Å². The van der Waals surface area contributed by atoms with E-state index in [0.29, 0.717) is 0 Å². The highest BCUT2D eigenvalue weighted by molar-refractivity contribution is 9.11. The van der Waals surface area contributed by atoms with Crippen LogP contribution in [0.5, 0.6) is 0 Å². The van der Waals surface area contributed by atoms with Crippen LogP contribution in [0.15, 0.2) is 32.3 Å². The summed E-state index contributed by atoms with van der Waals surface area (Å²) in [6, 6.07) is 8.89. The van der Waals surface area contributed by atoms with Crippen molar-refractivity contribution in [2.24, 2.45) is 0 Å². The highest BCUT2D eigenvalue weighted by Crippen LogP contribution is 2.38. The molecule has 0 N–H and O–H groups in total. The molecule has 2 rings (SSSR count). The zero-order valence-electron chi connectivity index (χ0n) is 14.7. The van der Waals surface area contributed by atoms with Gasteiger partial charge < -0.3 is 0 Å². The van der Waals surface area contributed by atoms with Crippen LogP contribution < -0.4 is 0 Å². The van der Waals surface area contributed by atoms with Gasteiger partial charge in [-0.25, -0.2) is 0 Å². The lowest BCUT2D eigenvalue weighted by atomic mass is 10.1. The molecule has 0 aliphatic heterocycles. The van der Waals surface area contributed by atoms with Gasteiger partial charge in [-0.15, -0.1) is 34.4 Å². The highest BCUT2D eigenvalue weighted by Gasteiger charge is 2.05. The van der Waals surface area contributed by atoms with Crippen molar-refractivity contribution in [1.29, 1.82) is 0 Å². The third-order valence-electron chi connectivity index (χ3n) is 4.14. The monoisotopic (exact) mass is 444 g/mol. The fourth-order valence-corrected chi connectivity index (χ4v) is 6.42. The number of thiophene rings is 2. The smallest absolute Gasteiger partial charge is 0.0705 e. The molecule has 0 amide bonds. The van der Waals surface area contributed by atoms with E-state index in [4.69, 9.17) is 0 Å². The van der Waals surface area contributed by atoms with E-state index in [1.807, 2.05) is 34.4 Å². The minimum Gasteiger partial charge on any atom is -0.128 e. The molecule has 2 aromatic rings. The van der Waals surface area contributed by atoms with E-state index in [0.717, 1.165) is 0 Å². The Balaban J connectivity index is 1.49. The third kappa shape index (κ3) is 8.07. The summed E-state index contributed by atoms with van der Waals surface area (Å²) in [6.45, 7) is 2.29. The number of halogens is 1. The Morgan fingerprint density at radius 3 is 1.96 bits per heavy atom. The molecule has 2 heterocycles. The molecule has 0 fully saturated rings. The molecule has 0 nitrogen and oxygen atoms in total. The Labute approximate surface area is 168 Å². The highest BCUT2D eigenvalue weighted by atomic mass is 79.9. The third-order valence-corrected chi connectivity index (χ3v) is 8.36. The topological polar surface area (TPSA) is 0 Å². The summed E-state index contributed by atoms with van der Waals surface area (Å²) in [7, 11) is 0. The van der Waals surface area contributed by atoms with Crippen LogP contribution in [0.3, 0.4) is 0 Å². The van der Waals surface area contributed by atoms with Gasteiger partial charge in [0.25, 0.3) is 0 Å². The number of unbranched alkanes of at least 4 members (excludes halogenated alkanes) is 9. The lowest BCUT2D eigenvalue weighted by Crippen LogP contribution is -1.83. The van der Waals surface area contributed by atoms with E-state index in [2.05, 4.69) is 47.1 Å². The van der Waals surface area contributed by atoms with Gasteiger partial charge in [0, 0.05) is 9.75 Å². The van der Waals surface area contributed by atoms with E-state index in [1.54, 1.807) is 0 Å². The quantitative estimate of drug-likeness (QED) is 0.219. The van der Waals surface area contributed by atoms with E-state index >= 15 is 0 Å². The Bertz CT molecular complexity index is 559. The van der Waals surface area contributed by atoms with Crippen molar-refractivity contribution in [2.45, 2.75) is 75.3 Å². The first-order chi connectivity index (χ1) is 11.8. The standard InChI is InChI=1S/C20H29BrS3/c1-2-3-4-5-6-7-8-9-10-11-16-22-20-15-13-18(24-20)17-12-14-19(21)23-17/h12-15H,2-11,16H2,1H3. The van der Waals surface area contributed by atoms with Crippen molar-refractivity contribution in [3.05, 3.63) is 28.1 Å². The van der Waals surface area contributed by atoms with Crippen molar-refractivity contribution in [3.8, 4) is 9.75 Å². The molecule has 0 aliphatic rings. The average molecular weight is 446 g/mol. The molecule has 0 radical (unpaired) electrons. The van der Waals surface area contributed by atoms with Gasteiger partial charge in [-0.05, 0) is 52.4 Å². The second-order valence-corrected chi connectivity index (χ2v) is 11.2. The number of thioether (sulfide) groups is 1. The molecule has 2 aromatic heterocycles. The van der Waals surface area contributed by atoms with Crippen molar-refractivity contribution < 1.29 is 0 Å². The summed E-state index contributed by atoms with van der Waals surface area (Å²) in [5.74, 6) is 1.27. The molecule has 0 saturated carbocycles. The Kier molecular flexibility index (Phi) is 10.8. The first kappa shape index (κ1) is 20.5. The molecule has 0 saturated heterocycles. The second kappa shape index (κ2) is 12.6. The maximum atomic E-state index is 3.55. The number of rotatable bonds is 13. The molecule has 4 heteroatoms. The fourth-order valence-electron chi connectivity index (χ4n) is 2.74. The van der Waals surface area contributed by atoms with Crippen LogP contribution in [0.4, 0.5) is 0 Å². The molecule has 0 bridgehead atoms. The van der Waals surface area contributed by atoms with Crippen molar-refractivity contribution >= 4 is 50.4 Å². The van der Waals surface area contributed by atoms with Gasteiger partial charge in [-0.1, -0.05) is 64.7 Å². The van der Waals surface area contributed by atoms with Crippen LogP contribution in [0.1, 0.15) is 71.1 Å². The fraction of sp³-hybridized carbons (Fsp3) is 0.600. The van der Waals surface area contributed by atoms with Crippen LogP contribution in [0.2, 0.25) is 0 Å². The largest absolute Gasteiger partial charge is 0.128 e. The predicted molar refractivity (Wildman–Crippen MR) is 118 cm³/mol. The van der Waals surface area contributed by atoms with Crippen molar-refractivity contribution in [2.75, 3.05) is 5.75 Å². The summed E-state index contributed by atoms with van der Waals surface area (Å²) < 4.78 is 2.68. The van der Waals surface area contributed by atoms with E-state index in [1.165, 1.54) is 87.7 Å². The maximum absolute atomic E-state index is 3.55. The number of hydrogen-bond acceptors (Lipinski definition) is 3. The summed E-state index contributed by atoms with van der Waals surface area (Å²) >= 11 is 9.33. The average Bonchev–Trinajstić information content (AvgIpc) is 3.21. The molecular formula is C20H29BrS3. The van der Waals surface area contributed by atoms with Crippen molar-refractivity contribution in [3.63, 3.8) is 0 Å². The maximum Gasteiger partial charge on any atom is 0.0705 e. The lowest BCUT2D eigenvalue weighted by molar-refractivity contribution is 0.563. The summed E-state index contributed by atoms with van der Waals surface area (Å²) in [6.07, 6.45) is 14.2. The summed E-state index contributed by atoms with van der Waals surface area (Å²) in [5, 5.41) is 0. The first-order valence-electron chi connectivity index (χ1n) is 9.28. The zero-order valence-corrected chi connectivity index (χ0v) is 18.7. The van der Waals surface area contributed by atoms with Crippen LogP contribution >= 0.6 is 50.4 Å². The van der Waals surface area contributed by atoms with E-state index in [9.17, 15) is 0 Å². The Morgan fingerprint density at radius 2 is 1.33 bits per heavy atom. The van der Waals surface area contributed by atoms with Gasteiger partial charge in [0.1, 0.15) is 0 Å². The number of hydrogen-bond donors (Lipinski definition) is 0. The van der Waals surface area contributed by atoms with Gasteiger partial charge >= 0.3 is 0 Å². The molecular weight excluding hydrogens is 416 g/mol. The molecule has 0 aromatic carbocycles. The predicted octanol–water partition coefficient (Wildman–Crippen LogP) is 9.25. The molecule has 134 valence electrons. The van der Waals surface area contributed by atoms with Crippen molar-refractivity contribution in [1.82, 2.24) is 0 Å². The Morgan fingerprint density at radius 1 is 0.750 bits per heavy atom. The van der Waals surface area contributed by atoms with Gasteiger partial charge in [-0.2, -0.15) is 0 Å². The summed E-state index contributed by atoms with van der Waals surface area (Å²) in [4.78, 5) is 2.77. The zero-order chi connectivity index (χ0) is 17.0. The second-order valence-electron chi connectivity index (χ2n) is 6.25.